The fraction of sp³-hybridized carbons (Fsp3) is 0.462. The van der Waals surface area contributed by atoms with Crippen molar-refractivity contribution in [2.45, 2.75) is 25.6 Å². The first kappa shape index (κ1) is 13.2. The summed E-state index contributed by atoms with van der Waals surface area (Å²) in [4.78, 5) is 13.7. The number of benzene rings is 1. The normalized spacial score (nSPS) is 12.6. The van der Waals surface area contributed by atoms with Gasteiger partial charge < -0.3 is 4.90 Å². The van der Waals surface area contributed by atoms with Gasteiger partial charge in [-0.1, -0.05) is 48.0 Å². The second kappa shape index (κ2) is 5.48. The molecular weight excluding hydrogens is 266 g/mol. The number of halogens is 1. The molecule has 3 heteroatoms. The first-order valence-corrected chi connectivity index (χ1v) is 6.34. The van der Waals surface area contributed by atoms with E-state index in [0.717, 1.165) is 11.3 Å². The monoisotopic (exact) mass is 283 g/mol. The third-order valence-corrected chi connectivity index (χ3v) is 4.08. The van der Waals surface area contributed by atoms with Gasteiger partial charge in [-0.3, -0.25) is 4.79 Å². The van der Waals surface area contributed by atoms with Gasteiger partial charge in [0.05, 0.1) is 4.83 Å². The highest BCUT2D eigenvalue weighted by Crippen LogP contribution is 2.22. The van der Waals surface area contributed by atoms with Gasteiger partial charge in [-0.05, 0) is 24.5 Å². The lowest BCUT2D eigenvalue weighted by Crippen LogP contribution is -2.36. The lowest BCUT2D eigenvalue weighted by atomic mass is 10.1. The van der Waals surface area contributed by atoms with E-state index in [0.29, 0.717) is 5.92 Å². The Morgan fingerprint density at radius 1 is 1.31 bits per heavy atom. The quantitative estimate of drug-likeness (QED) is 0.779. The van der Waals surface area contributed by atoms with Crippen LogP contribution in [0.5, 0.6) is 0 Å². The minimum absolute atomic E-state index is 0.101. The summed E-state index contributed by atoms with van der Waals surface area (Å²) >= 11 is 3.44. The average Bonchev–Trinajstić information content (AvgIpc) is 2.26. The summed E-state index contributed by atoms with van der Waals surface area (Å²) in [7, 11) is 1.82. The highest BCUT2D eigenvalue weighted by atomic mass is 79.9. The number of alkyl halides is 1. The third kappa shape index (κ3) is 2.85. The minimum atomic E-state index is -0.128. The van der Waals surface area contributed by atoms with Crippen molar-refractivity contribution >= 4 is 27.5 Å². The van der Waals surface area contributed by atoms with Crippen LogP contribution in [0, 0.1) is 12.8 Å². The van der Waals surface area contributed by atoms with Crippen LogP contribution in [0.25, 0.3) is 0 Å². The molecule has 0 spiro atoms. The number of carbonyl (C=O) groups excluding carboxylic acids is 1. The van der Waals surface area contributed by atoms with Crippen LogP contribution < -0.4 is 4.90 Å². The Balaban J connectivity index is 2.91. The van der Waals surface area contributed by atoms with E-state index in [1.807, 2.05) is 52.1 Å². The lowest BCUT2D eigenvalue weighted by Gasteiger charge is -2.23. The zero-order valence-corrected chi connectivity index (χ0v) is 11.8. The van der Waals surface area contributed by atoms with Gasteiger partial charge in [-0.2, -0.15) is 0 Å². The molecular formula is C13H18BrNO. The van der Waals surface area contributed by atoms with Crippen molar-refractivity contribution in [3.05, 3.63) is 29.8 Å². The highest BCUT2D eigenvalue weighted by Gasteiger charge is 2.23. The average molecular weight is 284 g/mol. The Kier molecular flexibility index (Phi) is 4.54. The number of nitrogens with zero attached hydrogens (tertiary/aromatic N) is 1. The van der Waals surface area contributed by atoms with Crippen molar-refractivity contribution < 1.29 is 4.79 Å². The molecule has 0 fully saturated rings. The van der Waals surface area contributed by atoms with Gasteiger partial charge in [0, 0.05) is 12.7 Å². The zero-order chi connectivity index (χ0) is 12.3. The molecule has 0 N–H and O–H groups in total. The summed E-state index contributed by atoms with van der Waals surface area (Å²) in [6.07, 6.45) is 0. The van der Waals surface area contributed by atoms with Crippen LogP contribution in [0.2, 0.25) is 0 Å². The fourth-order valence-electron chi connectivity index (χ4n) is 1.53. The van der Waals surface area contributed by atoms with E-state index in [-0.39, 0.29) is 10.7 Å². The number of rotatable bonds is 3. The first-order valence-electron chi connectivity index (χ1n) is 5.42. The summed E-state index contributed by atoms with van der Waals surface area (Å²) in [6, 6.07) is 7.90. The van der Waals surface area contributed by atoms with Crippen LogP contribution in [0.1, 0.15) is 19.4 Å². The topological polar surface area (TPSA) is 20.3 Å². The number of carbonyl (C=O) groups is 1. The number of amides is 1. The van der Waals surface area contributed by atoms with Crippen LogP contribution in [-0.2, 0) is 4.79 Å². The Morgan fingerprint density at radius 3 is 2.38 bits per heavy atom. The number of aryl methyl sites for hydroxylation is 1. The highest BCUT2D eigenvalue weighted by molar-refractivity contribution is 9.10. The van der Waals surface area contributed by atoms with Crippen LogP contribution in [-0.4, -0.2) is 17.8 Å². The predicted molar refractivity (Wildman–Crippen MR) is 72.1 cm³/mol. The molecule has 0 saturated heterocycles. The first-order chi connectivity index (χ1) is 7.45. The van der Waals surface area contributed by atoms with Gasteiger partial charge in [0.25, 0.3) is 0 Å². The molecule has 0 aliphatic rings. The molecule has 1 aromatic carbocycles. The molecule has 1 amide bonds. The molecule has 0 bridgehead atoms. The fourth-order valence-corrected chi connectivity index (χ4v) is 1.84. The molecule has 1 aromatic rings. The maximum absolute atomic E-state index is 12.1. The number of para-hydroxylation sites is 1. The zero-order valence-electron chi connectivity index (χ0n) is 10.2. The lowest BCUT2D eigenvalue weighted by molar-refractivity contribution is -0.118. The molecule has 0 heterocycles. The number of hydrogen-bond acceptors (Lipinski definition) is 1. The molecule has 0 saturated carbocycles. The smallest absolute Gasteiger partial charge is 0.240 e. The van der Waals surface area contributed by atoms with Crippen molar-refractivity contribution in [1.82, 2.24) is 0 Å². The van der Waals surface area contributed by atoms with Crippen LogP contribution >= 0.6 is 15.9 Å². The molecule has 88 valence electrons. The Hall–Kier alpha value is -0.830. The van der Waals surface area contributed by atoms with Crippen molar-refractivity contribution in [3.8, 4) is 0 Å². The van der Waals surface area contributed by atoms with E-state index in [2.05, 4.69) is 15.9 Å². The SMILES string of the molecule is Cc1ccccc1N(C)C(=O)C(Br)C(C)C. The third-order valence-electron chi connectivity index (χ3n) is 2.63. The molecule has 1 rings (SSSR count). The summed E-state index contributed by atoms with van der Waals surface area (Å²) < 4.78 is 0. The Bertz CT molecular complexity index is 376. The summed E-state index contributed by atoms with van der Waals surface area (Å²) in [5.74, 6) is 0.392. The van der Waals surface area contributed by atoms with E-state index in [9.17, 15) is 4.79 Å². The van der Waals surface area contributed by atoms with Crippen molar-refractivity contribution in [2.24, 2.45) is 5.92 Å². The number of anilines is 1. The van der Waals surface area contributed by atoms with Gasteiger partial charge in [0.15, 0.2) is 0 Å². The van der Waals surface area contributed by atoms with Crippen molar-refractivity contribution in [1.29, 1.82) is 0 Å². The number of hydrogen-bond donors (Lipinski definition) is 0. The van der Waals surface area contributed by atoms with E-state index in [4.69, 9.17) is 0 Å². The van der Waals surface area contributed by atoms with E-state index in [1.165, 1.54) is 0 Å². The van der Waals surface area contributed by atoms with E-state index >= 15 is 0 Å². The van der Waals surface area contributed by atoms with Gasteiger partial charge in [-0.25, -0.2) is 0 Å². The maximum Gasteiger partial charge on any atom is 0.240 e. The molecule has 0 aliphatic carbocycles. The Labute approximate surface area is 106 Å². The van der Waals surface area contributed by atoms with Crippen LogP contribution in [0.4, 0.5) is 5.69 Å². The van der Waals surface area contributed by atoms with Crippen molar-refractivity contribution in [2.75, 3.05) is 11.9 Å². The molecule has 16 heavy (non-hydrogen) atoms. The van der Waals surface area contributed by atoms with Gasteiger partial charge in [0.1, 0.15) is 0 Å². The molecule has 0 aromatic heterocycles. The summed E-state index contributed by atoms with van der Waals surface area (Å²) in [6.45, 7) is 6.07. The molecule has 2 nitrogen and oxygen atoms in total. The van der Waals surface area contributed by atoms with Crippen LogP contribution in [0.3, 0.4) is 0 Å². The molecule has 0 aliphatic heterocycles. The largest absolute Gasteiger partial charge is 0.314 e. The molecule has 1 atom stereocenters. The summed E-state index contributed by atoms with van der Waals surface area (Å²) in [5.41, 5.74) is 2.08. The standard InChI is InChI=1S/C13H18BrNO/c1-9(2)12(14)13(16)15(4)11-8-6-5-7-10(11)3/h5-9,12H,1-4H3. The van der Waals surface area contributed by atoms with Crippen molar-refractivity contribution in [3.63, 3.8) is 0 Å². The van der Waals surface area contributed by atoms with E-state index in [1.54, 1.807) is 4.90 Å². The predicted octanol–water partition coefficient (Wildman–Crippen LogP) is 3.38. The van der Waals surface area contributed by atoms with Crippen LogP contribution in [0.15, 0.2) is 24.3 Å². The van der Waals surface area contributed by atoms with E-state index < -0.39 is 0 Å². The van der Waals surface area contributed by atoms with Gasteiger partial charge >= 0.3 is 0 Å². The minimum Gasteiger partial charge on any atom is -0.314 e. The second-order valence-electron chi connectivity index (χ2n) is 4.33. The maximum atomic E-state index is 12.1. The van der Waals surface area contributed by atoms with Gasteiger partial charge in [0.2, 0.25) is 5.91 Å². The summed E-state index contributed by atoms with van der Waals surface area (Å²) in [5, 5.41) is 0. The molecule has 0 radical (unpaired) electrons. The second-order valence-corrected chi connectivity index (χ2v) is 5.32. The van der Waals surface area contributed by atoms with Gasteiger partial charge in [-0.15, -0.1) is 0 Å². The Morgan fingerprint density at radius 2 is 1.88 bits per heavy atom. The molecule has 1 unspecified atom stereocenters.